The van der Waals surface area contributed by atoms with Crippen molar-refractivity contribution in [2.45, 2.75) is 12.5 Å². The Balaban J connectivity index is 2.36. The molecule has 0 saturated carbocycles. The number of halogens is 1. The molecule has 0 heterocycles. The standard InChI is InChI=1S/C18H20ClN3O2/c1-18(17(20)24,13-7-5-8-14(19)11-13)21-16(23)12-6-4-9-15(10-12)22(2)3/h4-11H,1-3H3,(H2,20,24)(H,21,23)/t18-/m0/s1. The molecule has 0 bridgehead atoms. The topological polar surface area (TPSA) is 75.4 Å². The third-order valence-corrected chi connectivity index (χ3v) is 4.12. The van der Waals surface area contributed by atoms with E-state index in [-0.39, 0.29) is 5.91 Å². The van der Waals surface area contributed by atoms with Crippen LogP contribution in [0.3, 0.4) is 0 Å². The summed E-state index contributed by atoms with van der Waals surface area (Å²) >= 11 is 5.99. The van der Waals surface area contributed by atoms with Gasteiger partial charge >= 0.3 is 0 Å². The fourth-order valence-corrected chi connectivity index (χ4v) is 2.49. The maximum absolute atomic E-state index is 12.6. The second kappa shape index (κ2) is 6.93. The third-order valence-electron chi connectivity index (χ3n) is 3.88. The molecule has 0 radical (unpaired) electrons. The summed E-state index contributed by atoms with van der Waals surface area (Å²) in [4.78, 5) is 26.5. The number of nitrogens with zero attached hydrogens (tertiary/aromatic N) is 1. The zero-order valence-corrected chi connectivity index (χ0v) is 14.6. The van der Waals surface area contributed by atoms with E-state index in [1.165, 1.54) is 0 Å². The molecule has 0 aliphatic carbocycles. The Bertz CT molecular complexity index is 776. The van der Waals surface area contributed by atoms with Gasteiger partial charge in [0.1, 0.15) is 5.54 Å². The van der Waals surface area contributed by atoms with Gasteiger partial charge in [-0.2, -0.15) is 0 Å². The summed E-state index contributed by atoms with van der Waals surface area (Å²) in [6, 6.07) is 13.8. The summed E-state index contributed by atoms with van der Waals surface area (Å²) in [5, 5.41) is 3.19. The van der Waals surface area contributed by atoms with Crippen LogP contribution in [-0.2, 0) is 10.3 Å². The van der Waals surface area contributed by atoms with E-state index in [1.807, 2.05) is 25.1 Å². The summed E-state index contributed by atoms with van der Waals surface area (Å²) in [6.45, 7) is 1.56. The van der Waals surface area contributed by atoms with E-state index in [9.17, 15) is 9.59 Å². The van der Waals surface area contributed by atoms with Gasteiger partial charge in [-0.15, -0.1) is 0 Å². The van der Waals surface area contributed by atoms with E-state index >= 15 is 0 Å². The Morgan fingerprint density at radius 3 is 2.38 bits per heavy atom. The highest BCUT2D eigenvalue weighted by molar-refractivity contribution is 6.30. The molecule has 3 N–H and O–H groups in total. The molecular formula is C18H20ClN3O2. The average Bonchev–Trinajstić information content (AvgIpc) is 2.54. The van der Waals surface area contributed by atoms with Crippen LogP contribution in [0.5, 0.6) is 0 Å². The van der Waals surface area contributed by atoms with Crippen molar-refractivity contribution in [2.24, 2.45) is 5.73 Å². The van der Waals surface area contributed by atoms with Crippen LogP contribution >= 0.6 is 11.6 Å². The maximum atomic E-state index is 12.6. The van der Waals surface area contributed by atoms with E-state index < -0.39 is 11.4 Å². The molecule has 0 spiro atoms. The maximum Gasteiger partial charge on any atom is 0.252 e. The fraction of sp³-hybridized carbons (Fsp3) is 0.222. The Morgan fingerprint density at radius 1 is 1.12 bits per heavy atom. The third kappa shape index (κ3) is 3.68. The number of benzene rings is 2. The van der Waals surface area contributed by atoms with Gasteiger partial charge in [-0.05, 0) is 42.8 Å². The number of nitrogens with two attached hydrogens (primary N) is 1. The number of hydrogen-bond acceptors (Lipinski definition) is 3. The lowest BCUT2D eigenvalue weighted by atomic mass is 9.90. The second-order valence-electron chi connectivity index (χ2n) is 5.90. The van der Waals surface area contributed by atoms with Crippen LogP contribution in [0.2, 0.25) is 5.02 Å². The van der Waals surface area contributed by atoms with Gasteiger partial charge < -0.3 is 16.0 Å². The van der Waals surface area contributed by atoms with Gasteiger partial charge in [0.2, 0.25) is 5.91 Å². The van der Waals surface area contributed by atoms with Crippen molar-refractivity contribution >= 4 is 29.1 Å². The van der Waals surface area contributed by atoms with Gasteiger partial charge in [-0.25, -0.2) is 0 Å². The average molecular weight is 346 g/mol. The van der Waals surface area contributed by atoms with Gasteiger partial charge in [0.15, 0.2) is 0 Å². The SMILES string of the molecule is CN(C)c1cccc(C(=O)N[C@](C)(C(N)=O)c2cccc(Cl)c2)c1. The largest absolute Gasteiger partial charge is 0.378 e. The zero-order valence-electron chi connectivity index (χ0n) is 13.8. The molecule has 0 saturated heterocycles. The molecule has 0 aliphatic heterocycles. The number of primary amides is 1. The molecular weight excluding hydrogens is 326 g/mol. The first-order valence-electron chi connectivity index (χ1n) is 7.40. The summed E-state index contributed by atoms with van der Waals surface area (Å²) in [5.74, 6) is -1.05. The highest BCUT2D eigenvalue weighted by Crippen LogP contribution is 2.24. The minimum Gasteiger partial charge on any atom is -0.378 e. The first-order chi connectivity index (χ1) is 11.2. The number of amides is 2. The molecule has 0 unspecified atom stereocenters. The lowest BCUT2D eigenvalue weighted by Gasteiger charge is -2.28. The van der Waals surface area contributed by atoms with Crippen molar-refractivity contribution in [2.75, 3.05) is 19.0 Å². The predicted molar refractivity (Wildman–Crippen MR) is 96.2 cm³/mol. The molecule has 6 heteroatoms. The zero-order chi connectivity index (χ0) is 17.9. The van der Waals surface area contributed by atoms with Crippen molar-refractivity contribution in [3.63, 3.8) is 0 Å². The Labute approximate surface area is 146 Å². The van der Waals surface area contributed by atoms with Crippen LogP contribution in [0.4, 0.5) is 5.69 Å². The molecule has 126 valence electrons. The fourth-order valence-electron chi connectivity index (χ4n) is 2.30. The van der Waals surface area contributed by atoms with Crippen molar-refractivity contribution in [1.29, 1.82) is 0 Å². The number of rotatable bonds is 5. The summed E-state index contributed by atoms with van der Waals surface area (Å²) in [6.07, 6.45) is 0. The van der Waals surface area contributed by atoms with Crippen LogP contribution in [0, 0.1) is 0 Å². The van der Waals surface area contributed by atoms with Crippen LogP contribution < -0.4 is 16.0 Å². The number of carbonyl (C=O) groups excluding carboxylic acids is 2. The van der Waals surface area contributed by atoms with Crippen molar-refractivity contribution in [3.05, 3.63) is 64.7 Å². The summed E-state index contributed by atoms with van der Waals surface area (Å²) in [5.41, 5.74) is 6.04. The minimum atomic E-state index is -1.36. The predicted octanol–water partition coefficient (Wildman–Crippen LogP) is 2.54. The molecule has 0 aromatic heterocycles. The number of anilines is 1. The molecule has 5 nitrogen and oxygen atoms in total. The number of nitrogens with one attached hydrogen (secondary N) is 1. The Hall–Kier alpha value is -2.53. The van der Waals surface area contributed by atoms with E-state index in [4.69, 9.17) is 17.3 Å². The molecule has 1 atom stereocenters. The van der Waals surface area contributed by atoms with Crippen LogP contribution in [0.1, 0.15) is 22.8 Å². The van der Waals surface area contributed by atoms with Crippen LogP contribution in [0.15, 0.2) is 48.5 Å². The molecule has 0 fully saturated rings. The van der Waals surface area contributed by atoms with E-state index in [0.29, 0.717) is 16.1 Å². The molecule has 2 aromatic carbocycles. The van der Waals surface area contributed by atoms with E-state index in [0.717, 1.165) is 5.69 Å². The van der Waals surface area contributed by atoms with Crippen LogP contribution in [-0.4, -0.2) is 25.9 Å². The van der Waals surface area contributed by atoms with Crippen molar-refractivity contribution < 1.29 is 9.59 Å². The molecule has 24 heavy (non-hydrogen) atoms. The lowest BCUT2D eigenvalue weighted by molar-refractivity contribution is -0.123. The monoisotopic (exact) mass is 345 g/mol. The Morgan fingerprint density at radius 2 is 1.79 bits per heavy atom. The summed E-state index contributed by atoms with van der Waals surface area (Å²) in [7, 11) is 3.77. The van der Waals surface area contributed by atoms with Crippen molar-refractivity contribution in [3.8, 4) is 0 Å². The number of carbonyl (C=O) groups is 2. The molecule has 2 aromatic rings. The minimum absolute atomic E-state index is 0.389. The molecule has 2 rings (SSSR count). The highest BCUT2D eigenvalue weighted by atomic mass is 35.5. The Kier molecular flexibility index (Phi) is 5.14. The number of hydrogen-bond donors (Lipinski definition) is 2. The summed E-state index contributed by atoms with van der Waals surface area (Å²) < 4.78 is 0. The van der Waals surface area contributed by atoms with Gasteiger partial charge in [0.25, 0.3) is 5.91 Å². The van der Waals surface area contributed by atoms with Crippen LogP contribution in [0.25, 0.3) is 0 Å². The highest BCUT2D eigenvalue weighted by Gasteiger charge is 2.35. The van der Waals surface area contributed by atoms with Crippen molar-refractivity contribution in [1.82, 2.24) is 5.32 Å². The van der Waals surface area contributed by atoms with E-state index in [2.05, 4.69) is 5.32 Å². The quantitative estimate of drug-likeness (QED) is 0.874. The second-order valence-corrected chi connectivity index (χ2v) is 6.33. The van der Waals surface area contributed by atoms with Gasteiger partial charge in [0.05, 0.1) is 0 Å². The van der Waals surface area contributed by atoms with Gasteiger partial charge in [-0.3, -0.25) is 9.59 Å². The first kappa shape index (κ1) is 17.8. The molecule has 0 aliphatic rings. The normalized spacial score (nSPS) is 13.0. The smallest absolute Gasteiger partial charge is 0.252 e. The first-order valence-corrected chi connectivity index (χ1v) is 7.77. The van der Waals surface area contributed by atoms with Gasteiger partial charge in [-0.1, -0.05) is 29.8 Å². The van der Waals surface area contributed by atoms with E-state index in [1.54, 1.807) is 49.4 Å². The molecule has 2 amide bonds. The van der Waals surface area contributed by atoms with Gasteiger partial charge in [0, 0.05) is 30.4 Å². The lowest BCUT2D eigenvalue weighted by Crippen LogP contribution is -2.52.